The van der Waals surface area contributed by atoms with Crippen molar-refractivity contribution in [2.45, 2.75) is 19.4 Å². The third-order valence-corrected chi connectivity index (χ3v) is 5.43. The number of aryl methyl sites for hydroxylation is 1. The molecule has 2 aromatic heterocycles. The topological polar surface area (TPSA) is 62.1 Å². The first-order valence-electron chi connectivity index (χ1n) is 8.08. The van der Waals surface area contributed by atoms with Crippen LogP contribution >= 0.6 is 11.8 Å². The van der Waals surface area contributed by atoms with E-state index in [0.29, 0.717) is 6.42 Å². The van der Waals surface area contributed by atoms with Gasteiger partial charge in [-0.05, 0) is 25.1 Å². The Morgan fingerprint density at radius 2 is 2.25 bits per heavy atom. The molecule has 1 saturated heterocycles. The largest absolute Gasteiger partial charge is 0.464 e. The number of benzene rings is 1. The Bertz CT molecular complexity index is 870. The first-order valence-corrected chi connectivity index (χ1v) is 9.23. The monoisotopic (exact) mass is 341 g/mol. The lowest BCUT2D eigenvalue weighted by Gasteiger charge is -2.34. The second-order valence-electron chi connectivity index (χ2n) is 6.02. The number of nitrogens with one attached hydrogen (secondary N) is 1. The summed E-state index contributed by atoms with van der Waals surface area (Å²) < 4.78 is 5.78. The molecule has 1 amide bonds. The van der Waals surface area contributed by atoms with Gasteiger partial charge in [-0.15, -0.1) is 0 Å². The lowest BCUT2D eigenvalue weighted by Crippen LogP contribution is -2.41. The molecule has 0 bridgehead atoms. The highest BCUT2D eigenvalue weighted by atomic mass is 32.2. The molecule has 5 nitrogen and oxygen atoms in total. The molecule has 0 spiro atoms. The van der Waals surface area contributed by atoms with Gasteiger partial charge in [-0.3, -0.25) is 9.89 Å². The van der Waals surface area contributed by atoms with E-state index in [1.54, 1.807) is 0 Å². The summed E-state index contributed by atoms with van der Waals surface area (Å²) in [7, 11) is 0. The van der Waals surface area contributed by atoms with Gasteiger partial charge in [0.1, 0.15) is 11.5 Å². The fourth-order valence-corrected chi connectivity index (χ4v) is 4.23. The van der Waals surface area contributed by atoms with Crippen LogP contribution in [0.25, 0.3) is 10.9 Å². The molecular formula is C18H19N3O2S. The number of para-hydroxylation sites is 1. The molecule has 3 aromatic rings. The molecule has 0 saturated carbocycles. The van der Waals surface area contributed by atoms with Gasteiger partial charge in [0.05, 0.1) is 23.7 Å². The molecule has 1 unspecified atom stereocenters. The fourth-order valence-electron chi connectivity index (χ4n) is 3.17. The molecule has 0 radical (unpaired) electrons. The summed E-state index contributed by atoms with van der Waals surface area (Å²) in [5.41, 5.74) is 1.77. The van der Waals surface area contributed by atoms with Crippen LogP contribution in [0.1, 0.15) is 23.3 Å². The van der Waals surface area contributed by atoms with Crippen molar-refractivity contribution in [3.63, 3.8) is 0 Å². The van der Waals surface area contributed by atoms with Gasteiger partial charge >= 0.3 is 0 Å². The third-order valence-electron chi connectivity index (χ3n) is 4.41. The number of aromatic nitrogens is 2. The second kappa shape index (κ2) is 6.36. The maximum absolute atomic E-state index is 12.9. The Kier molecular flexibility index (Phi) is 4.06. The Morgan fingerprint density at radius 1 is 1.38 bits per heavy atom. The Morgan fingerprint density at radius 3 is 3.08 bits per heavy atom. The first kappa shape index (κ1) is 15.3. The molecule has 124 valence electrons. The number of carbonyl (C=O) groups is 1. The zero-order valence-electron chi connectivity index (χ0n) is 13.5. The summed E-state index contributed by atoms with van der Waals surface area (Å²) in [6.45, 7) is 2.68. The SMILES string of the molecule is Cc1ccc(C2CSCCN2C(=O)Cc2[nH]nc3ccccc23)o1. The van der Waals surface area contributed by atoms with Crippen molar-refractivity contribution in [2.75, 3.05) is 18.1 Å². The lowest BCUT2D eigenvalue weighted by molar-refractivity contribution is -0.132. The normalized spacial score (nSPS) is 18.2. The predicted molar refractivity (Wildman–Crippen MR) is 95.0 cm³/mol. The average molecular weight is 341 g/mol. The average Bonchev–Trinajstić information content (AvgIpc) is 3.22. The molecule has 4 rings (SSSR count). The van der Waals surface area contributed by atoms with Crippen LogP contribution in [0.4, 0.5) is 0 Å². The van der Waals surface area contributed by atoms with E-state index >= 15 is 0 Å². The van der Waals surface area contributed by atoms with Crippen molar-refractivity contribution in [3.8, 4) is 0 Å². The quantitative estimate of drug-likeness (QED) is 0.794. The number of rotatable bonds is 3. The molecule has 0 aliphatic carbocycles. The van der Waals surface area contributed by atoms with Crippen LogP contribution in [0, 0.1) is 6.92 Å². The van der Waals surface area contributed by atoms with Crippen LogP contribution in [0.3, 0.4) is 0 Å². The van der Waals surface area contributed by atoms with Gasteiger partial charge in [0.25, 0.3) is 0 Å². The summed E-state index contributed by atoms with van der Waals surface area (Å²) in [5, 5.41) is 8.31. The van der Waals surface area contributed by atoms with Crippen molar-refractivity contribution in [2.24, 2.45) is 0 Å². The molecule has 24 heavy (non-hydrogen) atoms. The zero-order chi connectivity index (χ0) is 16.5. The molecule has 6 heteroatoms. The number of aromatic amines is 1. The maximum atomic E-state index is 12.9. The van der Waals surface area contributed by atoms with Gasteiger partial charge in [-0.1, -0.05) is 18.2 Å². The number of hydrogen-bond donors (Lipinski definition) is 1. The number of hydrogen-bond acceptors (Lipinski definition) is 4. The highest BCUT2D eigenvalue weighted by Gasteiger charge is 2.30. The molecule has 1 aromatic carbocycles. The number of carbonyl (C=O) groups excluding carboxylic acids is 1. The first-order chi connectivity index (χ1) is 11.7. The molecule has 1 N–H and O–H groups in total. The van der Waals surface area contributed by atoms with Gasteiger partial charge in [-0.2, -0.15) is 16.9 Å². The van der Waals surface area contributed by atoms with Gasteiger partial charge in [0.2, 0.25) is 5.91 Å². The Labute approximate surface area is 144 Å². The van der Waals surface area contributed by atoms with E-state index in [9.17, 15) is 4.79 Å². The Hall–Kier alpha value is -2.21. The van der Waals surface area contributed by atoms with Crippen molar-refractivity contribution in [3.05, 3.63) is 53.6 Å². The van der Waals surface area contributed by atoms with E-state index in [-0.39, 0.29) is 11.9 Å². The molecule has 1 atom stereocenters. The third kappa shape index (κ3) is 2.82. The number of amides is 1. The summed E-state index contributed by atoms with van der Waals surface area (Å²) >= 11 is 1.86. The van der Waals surface area contributed by atoms with Crippen molar-refractivity contribution < 1.29 is 9.21 Å². The number of thioether (sulfide) groups is 1. The van der Waals surface area contributed by atoms with E-state index in [1.807, 2.05) is 60.0 Å². The van der Waals surface area contributed by atoms with E-state index in [2.05, 4.69) is 10.2 Å². The standard InChI is InChI=1S/C18H19N3O2S/c1-12-6-7-17(23-12)16-11-24-9-8-21(16)18(22)10-15-13-4-2-3-5-14(13)19-20-15/h2-7,16H,8-11H2,1H3,(H,19,20). The van der Waals surface area contributed by atoms with E-state index in [4.69, 9.17) is 4.42 Å². The van der Waals surface area contributed by atoms with E-state index in [0.717, 1.165) is 46.2 Å². The molecular weight excluding hydrogens is 322 g/mol. The summed E-state index contributed by atoms with van der Waals surface area (Å²) in [4.78, 5) is 14.9. The van der Waals surface area contributed by atoms with Crippen LogP contribution in [0.5, 0.6) is 0 Å². The van der Waals surface area contributed by atoms with Crippen molar-refractivity contribution >= 4 is 28.6 Å². The van der Waals surface area contributed by atoms with Gasteiger partial charge in [-0.25, -0.2) is 0 Å². The zero-order valence-corrected chi connectivity index (χ0v) is 14.3. The number of H-pyrrole nitrogens is 1. The van der Waals surface area contributed by atoms with Crippen molar-refractivity contribution in [1.82, 2.24) is 15.1 Å². The molecule has 1 aliphatic heterocycles. The number of fused-ring (bicyclic) bond motifs is 1. The van der Waals surface area contributed by atoms with Gasteiger partial charge in [0, 0.05) is 23.4 Å². The molecule has 3 heterocycles. The predicted octanol–water partition coefficient (Wildman–Crippen LogP) is 3.32. The minimum absolute atomic E-state index is 0.0131. The summed E-state index contributed by atoms with van der Waals surface area (Å²) in [5.74, 6) is 3.72. The Balaban J connectivity index is 1.57. The van der Waals surface area contributed by atoms with Crippen LogP contribution < -0.4 is 0 Å². The van der Waals surface area contributed by atoms with Crippen LogP contribution in [0.2, 0.25) is 0 Å². The van der Waals surface area contributed by atoms with Gasteiger partial charge in [0.15, 0.2) is 0 Å². The van der Waals surface area contributed by atoms with Gasteiger partial charge < -0.3 is 9.32 Å². The summed E-state index contributed by atoms with van der Waals surface area (Å²) in [6, 6.07) is 11.8. The van der Waals surface area contributed by atoms with Crippen LogP contribution in [-0.2, 0) is 11.2 Å². The number of nitrogens with zero attached hydrogens (tertiary/aromatic N) is 2. The minimum atomic E-state index is 0.0131. The molecule has 1 aliphatic rings. The smallest absolute Gasteiger partial charge is 0.229 e. The van der Waals surface area contributed by atoms with E-state index < -0.39 is 0 Å². The number of furan rings is 1. The molecule has 1 fully saturated rings. The second-order valence-corrected chi connectivity index (χ2v) is 7.17. The van der Waals surface area contributed by atoms with Crippen molar-refractivity contribution in [1.29, 1.82) is 0 Å². The highest BCUT2D eigenvalue weighted by Crippen LogP contribution is 2.31. The maximum Gasteiger partial charge on any atom is 0.229 e. The van der Waals surface area contributed by atoms with E-state index in [1.165, 1.54) is 0 Å². The summed E-state index contributed by atoms with van der Waals surface area (Å²) in [6.07, 6.45) is 0.335. The lowest BCUT2D eigenvalue weighted by atomic mass is 10.1. The van der Waals surface area contributed by atoms with Crippen LogP contribution in [-0.4, -0.2) is 39.1 Å². The van der Waals surface area contributed by atoms with Crippen LogP contribution in [0.15, 0.2) is 40.8 Å². The highest BCUT2D eigenvalue weighted by molar-refractivity contribution is 7.99. The minimum Gasteiger partial charge on any atom is -0.464 e. The fraction of sp³-hybridized carbons (Fsp3) is 0.333.